The fraction of sp³-hybridized carbons (Fsp3) is 0.500. The fourth-order valence-electron chi connectivity index (χ4n) is 1.56. The first-order valence-corrected chi connectivity index (χ1v) is 6.24. The third-order valence-corrected chi connectivity index (χ3v) is 3.12. The van der Waals surface area contributed by atoms with Gasteiger partial charge in [0.2, 0.25) is 0 Å². The zero-order valence-corrected chi connectivity index (χ0v) is 11.3. The lowest BCUT2D eigenvalue weighted by Gasteiger charge is -2.14. The van der Waals surface area contributed by atoms with Crippen molar-refractivity contribution in [2.24, 2.45) is 5.73 Å². The van der Waals surface area contributed by atoms with Gasteiger partial charge >= 0.3 is 0 Å². The van der Waals surface area contributed by atoms with E-state index in [-0.39, 0.29) is 5.75 Å². The molecule has 1 aromatic carbocycles. The Bertz CT molecular complexity index is 355. The molecule has 1 unspecified atom stereocenters. The lowest BCUT2D eigenvalue weighted by Crippen LogP contribution is -2.05. The van der Waals surface area contributed by atoms with E-state index in [0.717, 1.165) is 12.0 Å². The molecule has 3 N–H and O–H groups in total. The summed E-state index contributed by atoms with van der Waals surface area (Å²) in [7, 11) is 0. The van der Waals surface area contributed by atoms with E-state index in [4.69, 9.17) is 10.5 Å². The number of ether oxygens (including phenoxy) is 1. The molecular formula is C12H18BrNO2. The molecule has 0 aliphatic carbocycles. The summed E-state index contributed by atoms with van der Waals surface area (Å²) in [5.74, 6) is 1.04. The molecule has 1 rings (SSSR count). The van der Waals surface area contributed by atoms with Crippen molar-refractivity contribution < 1.29 is 9.84 Å². The lowest BCUT2D eigenvalue weighted by molar-refractivity contribution is 0.316. The molecule has 0 saturated carbocycles. The number of aromatic hydroxyl groups is 1. The highest BCUT2D eigenvalue weighted by atomic mass is 79.9. The molecule has 0 aromatic heterocycles. The van der Waals surface area contributed by atoms with Gasteiger partial charge in [-0.1, -0.05) is 6.92 Å². The first-order chi connectivity index (χ1) is 7.60. The molecule has 90 valence electrons. The Morgan fingerprint density at radius 1 is 1.50 bits per heavy atom. The maximum atomic E-state index is 9.77. The molecule has 0 spiro atoms. The number of rotatable bonds is 5. The Hall–Kier alpha value is -0.740. The van der Waals surface area contributed by atoms with Crippen LogP contribution in [0.4, 0.5) is 0 Å². The van der Waals surface area contributed by atoms with E-state index in [9.17, 15) is 5.11 Å². The summed E-state index contributed by atoms with van der Waals surface area (Å²) in [6.45, 7) is 5.20. The molecule has 0 heterocycles. The third-order valence-electron chi connectivity index (χ3n) is 2.52. The Balaban J connectivity index is 3.03. The van der Waals surface area contributed by atoms with E-state index < -0.39 is 0 Å². The Labute approximate surface area is 105 Å². The number of phenols is 1. The highest BCUT2D eigenvalue weighted by Gasteiger charge is 2.12. The van der Waals surface area contributed by atoms with Gasteiger partial charge in [0.25, 0.3) is 0 Å². The minimum atomic E-state index is 0.158. The molecule has 0 saturated heterocycles. The summed E-state index contributed by atoms with van der Waals surface area (Å²) in [6.07, 6.45) is 0.919. The van der Waals surface area contributed by atoms with Crippen molar-refractivity contribution in [3.63, 3.8) is 0 Å². The van der Waals surface area contributed by atoms with Crippen LogP contribution in [0.5, 0.6) is 11.5 Å². The van der Waals surface area contributed by atoms with Crippen molar-refractivity contribution in [1.29, 1.82) is 0 Å². The zero-order valence-electron chi connectivity index (χ0n) is 9.66. The van der Waals surface area contributed by atoms with Crippen LogP contribution in [-0.4, -0.2) is 18.3 Å². The van der Waals surface area contributed by atoms with E-state index in [2.05, 4.69) is 22.9 Å². The van der Waals surface area contributed by atoms with Gasteiger partial charge in [0.15, 0.2) is 11.5 Å². The maximum absolute atomic E-state index is 9.77. The third kappa shape index (κ3) is 3.12. The summed E-state index contributed by atoms with van der Waals surface area (Å²) in [5.41, 5.74) is 6.66. The van der Waals surface area contributed by atoms with Gasteiger partial charge in [0.05, 0.1) is 11.1 Å². The van der Waals surface area contributed by atoms with Crippen molar-refractivity contribution in [2.45, 2.75) is 26.2 Å². The fourth-order valence-corrected chi connectivity index (χ4v) is 2.02. The Morgan fingerprint density at radius 3 is 2.75 bits per heavy atom. The van der Waals surface area contributed by atoms with Gasteiger partial charge in [-0.05, 0) is 59.4 Å². The summed E-state index contributed by atoms with van der Waals surface area (Å²) in [5, 5.41) is 9.77. The molecule has 0 fully saturated rings. The SMILES string of the molecule is CCOc1cc(C(C)CCN)cc(Br)c1O. The molecule has 3 nitrogen and oxygen atoms in total. The quantitative estimate of drug-likeness (QED) is 0.875. The number of hydrogen-bond donors (Lipinski definition) is 2. The maximum Gasteiger partial charge on any atom is 0.172 e. The summed E-state index contributed by atoms with van der Waals surface area (Å²) < 4.78 is 6.04. The monoisotopic (exact) mass is 287 g/mol. The molecule has 1 aromatic rings. The lowest BCUT2D eigenvalue weighted by atomic mass is 9.97. The van der Waals surface area contributed by atoms with Crippen molar-refractivity contribution in [2.75, 3.05) is 13.2 Å². The van der Waals surface area contributed by atoms with Gasteiger partial charge in [-0.2, -0.15) is 0 Å². The average Bonchev–Trinajstić information content (AvgIpc) is 2.25. The molecule has 1 atom stereocenters. The van der Waals surface area contributed by atoms with Crippen molar-refractivity contribution in [3.8, 4) is 11.5 Å². The first kappa shape index (κ1) is 13.3. The minimum absolute atomic E-state index is 0.158. The van der Waals surface area contributed by atoms with Gasteiger partial charge in [-0.25, -0.2) is 0 Å². The topological polar surface area (TPSA) is 55.5 Å². The van der Waals surface area contributed by atoms with E-state index in [1.807, 2.05) is 19.1 Å². The smallest absolute Gasteiger partial charge is 0.172 e. The Morgan fingerprint density at radius 2 is 2.19 bits per heavy atom. The molecule has 0 aliphatic heterocycles. The predicted molar refractivity (Wildman–Crippen MR) is 69.1 cm³/mol. The van der Waals surface area contributed by atoms with Crippen LogP contribution in [0.3, 0.4) is 0 Å². The van der Waals surface area contributed by atoms with E-state index in [1.165, 1.54) is 0 Å². The molecule has 0 radical (unpaired) electrons. The van der Waals surface area contributed by atoms with Crippen LogP contribution >= 0.6 is 15.9 Å². The van der Waals surface area contributed by atoms with Gasteiger partial charge in [0, 0.05) is 0 Å². The van der Waals surface area contributed by atoms with Crippen LogP contribution < -0.4 is 10.5 Å². The second-order valence-corrected chi connectivity index (χ2v) is 4.62. The first-order valence-electron chi connectivity index (χ1n) is 5.45. The molecule has 4 heteroatoms. The van der Waals surface area contributed by atoms with Crippen LogP contribution in [0, 0.1) is 0 Å². The largest absolute Gasteiger partial charge is 0.503 e. The van der Waals surface area contributed by atoms with E-state index >= 15 is 0 Å². The molecular weight excluding hydrogens is 270 g/mol. The normalized spacial score (nSPS) is 12.5. The molecule has 0 amide bonds. The standard InChI is InChI=1S/C12H18BrNO2/c1-3-16-11-7-9(8(2)4-5-14)6-10(13)12(11)15/h6-8,15H,3-5,14H2,1-2H3. The van der Waals surface area contributed by atoms with Crippen LogP contribution in [0.1, 0.15) is 31.7 Å². The summed E-state index contributed by atoms with van der Waals surface area (Å²) in [4.78, 5) is 0. The number of phenolic OH excluding ortho intramolecular Hbond substituents is 1. The highest BCUT2D eigenvalue weighted by molar-refractivity contribution is 9.10. The summed E-state index contributed by atoms with van der Waals surface area (Å²) >= 11 is 3.33. The van der Waals surface area contributed by atoms with Crippen molar-refractivity contribution in [3.05, 3.63) is 22.2 Å². The van der Waals surface area contributed by atoms with E-state index in [1.54, 1.807) is 0 Å². The highest BCUT2D eigenvalue weighted by Crippen LogP contribution is 2.37. The van der Waals surface area contributed by atoms with Crippen LogP contribution in [-0.2, 0) is 0 Å². The second-order valence-electron chi connectivity index (χ2n) is 3.76. The summed E-state index contributed by atoms with van der Waals surface area (Å²) in [6, 6.07) is 3.79. The average molecular weight is 288 g/mol. The van der Waals surface area contributed by atoms with Crippen molar-refractivity contribution >= 4 is 15.9 Å². The molecule has 0 aliphatic rings. The number of benzene rings is 1. The van der Waals surface area contributed by atoms with Gasteiger partial charge in [-0.3, -0.25) is 0 Å². The van der Waals surface area contributed by atoms with Gasteiger partial charge in [-0.15, -0.1) is 0 Å². The Kier molecular flexibility index (Phi) is 5.09. The van der Waals surface area contributed by atoms with Crippen molar-refractivity contribution in [1.82, 2.24) is 0 Å². The van der Waals surface area contributed by atoms with Crippen LogP contribution in [0.2, 0.25) is 0 Å². The van der Waals surface area contributed by atoms with Crippen LogP contribution in [0.15, 0.2) is 16.6 Å². The van der Waals surface area contributed by atoms with Crippen LogP contribution in [0.25, 0.3) is 0 Å². The van der Waals surface area contributed by atoms with Gasteiger partial charge in [0.1, 0.15) is 0 Å². The predicted octanol–water partition coefficient (Wildman–Crippen LogP) is 3.01. The molecule has 16 heavy (non-hydrogen) atoms. The second kappa shape index (κ2) is 6.11. The minimum Gasteiger partial charge on any atom is -0.503 e. The zero-order chi connectivity index (χ0) is 12.1. The molecule has 0 bridgehead atoms. The number of hydrogen-bond acceptors (Lipinski definition) is 3. The van der Waals surface area contributed by atoms with Gasteiger partial charge < -0.3 is 15.6 Å². The van der Waals surface area contributed by atoms with E-state index in [0.29, 0.717) is 29.3 Å². The number of nitrogens with two attached hydrogens (primary N) is 1. The number of halogens is 1.